The summed E-state index contributed by atoms with van der Waals surface area (Å²) in [4.78, 5) is 20.1. The first-order valence-corrected chi connectivity index (χ1v) is 10.2. The number of hydrogen-bond donors (Lipinski definition) is 1. The summed E-state index contributed by atoms with van der Waals surface area (Å²) in [6, 6.07) is 19.4. The number of carbonyl (C=O) groups is 1. The van der Waals surface area contributed by atoms with Crippen molar-refractivity contribution in [1.29, 1.82) is 0 Å². The highest BCUT2D eigenvalue weighted by Crippen LogP contribution is 2.30. The van der Waals surface area contributed by atoms with E-state index in [1.807, 2.05) is 4.90 Å². The second kappa shape index (κ2) is 7.72. The molecule has 1 saturated heterocycles. The minimum absolute atomic E-state index is 0.0376. The van der Waals surface area contributed by atoms with E-state index < -0.39 is 0 Å². The molecule has 29 heavy (non-hydrogen) atoms. The van der Waals surface area contributed by atoms with E-state index in [4.69, 9.17) is 0 Å². The third kappa shape index (κ3) is 3.63. The summed E-state index contributed by atoms with van der Waals surface area (Å²) < 4.78 is 0. The number of anilines is 1. The predicted molar refractivity (Wildman–Crippen MR) is 113 cm³/mol. The highest BCUT2D eigenvalue weighted by atomic mass is 16.2. The number of piperazine rings is 1. The minimum Gasteiger partial charge on any atom is -0.364 e. The third-order valence-corrected chi connectivity index (χ3v) is 5.94. The Hall–Kier alpha value is -3.12. The fraction of sp³-hybridized carbons (Fsp3) is 0.304. The first-order chi connectivity index (χ1) is 14.3. The fourth-order valence-corrected chi connectivity index (χ4v) is 4.53. The average molecular weight is 387 g/mol. The van der Waals surface area contributed by atoms with Crippen LogP contribution in [0.25, 0.3) is 0 Å². The molecule has 6 nitrogen and oxygen atoms in total. The summed E-state index contributed by atoms with van der Waals surface area (Å²) in [7, 11) is 0. The average Bonchev–Trinajstić information content (AvgIpc) is 3.24. The maximum absolute atomic E-state index is 13.1. The topological polar surface area (TPSA) is 55.5 Å². The highest BCUT2D eigenvalue weighted by Gasteiger charge is 2.34. The Labute approximate surface area is 170 Å². The molecule has 0 bridgehead atoms. The smallest absolute Gasteiger partial charge is 0.257 e. The number of aromatic amines is 1. The number of H-pyrrole nitrogens is 1. The van der Waals surface area contributed by atoms with Crippen LogP contribution >= 0.6 is 0 Å². The van der Waals surface area contributed by atoms with Gasteiger partial charge in [0, 0.05) is 51.2 Å². The molecule has 6 heteroatoms. The van der Waals surface area contributed by atoms with Gasteiger partial charge in [0.15, 0.2) is 0 Å². The molecule has 3 aromatic rings. The van der Waals surface area contributed by atoms with Crippen molar-refractivity contribution in [2.24, 2.45) is 0 Å². The fourth-order valence-electron chi connectivity index (χ4n) is 4.53. The van der Waals surface area contributed by atoms with Gasteiger partial charge in [-0.1, -0.05) is 48.5 Å². The van der Waals surface area contributed by atoms with Crippen LogP contribution in [0.5, 0.6) is 0 Å². The van der Waals surface area contributed by atoms with Crippen LogP contribution in [0.1, 0.15) is 21.5 Å². The van der Waals surface area contributed by atoms with Crippen molar-refractivity contribution in [3.8, 4) is 0 Å². The van der Waals surface area contributed by atoms with E-state index in [2.05, 4.69) is 74.6 Å². The van der Waals surface area contributed by atoms with E-state index in [1.165, 1.54) is 16.8 Å². The van der Waals surface area contributed by atoms with Crippen LogP contribution in [0, 0.1) is 0 Å². The zero-order valence-electron chi connectivity index (χ0n) is 16.4. The van der Waals surface area contributed by atoms with Crippen molar-refractivity contribution in [3.63, 3.8) is 0 Å². The molecule has 2 aliphatic rings. The van der Waals surface area contributed by atoms with Crippen molar-refractivity contribution in [3.05, 3.63) is 83.7 Å². The van der Waals surface area contributed by atoms with E-state index in [0.29, 0.717) is 18.7 Å². The normalized spacial score (nSPS) is 19.4. The Kier molecular flexibility index (Phi) is 4.77. The number of fused-ring (bicyclic) bond motifs is 3. The van der Waals surface area contributed by atoms with Gasteiger partial charge in [-0.3, -0.25) is 14.8 Å². The van der Waals surface area contributed by atoms with Gasteiger partial charge < -0.3 is 9.80 Å². The summed E-state index contributed by atoms with van der Waals surface area (Å²) in [5.41, 5.74) is 4.43. The van der Waals surface area contributed by atoms with Crippen molar-refractivity contribution in [1.82, 2.24) is 20.0 Å². The van der Waals surface area contributed by atoms with Gasteiger partial charge in [0.05, 0.1) is 17.8 Å². The number of para-hydroxylation sites is 1. The first kappa shape index (κ1) is 17.9. The minimum atomic E-state index is 0.0376. The molecule has 0 saturated carbocycles. The van der Waals surface area contributed by atoms with E-state index in [0.717, 1.165) is 26.2 Å². The van der Waals surface area contributed by atoms with Gasteiger partial charge >= 0.3 is 0 Å². The van der Waals surface area contributed by atoms with Gasteiger partial charge in [0.1, 0.15) is 0 Å². The molecule has 1 N–H and O–H groups in total. The van der Waals surface area contributed by atoms with Crippen molar-refractivity contribution in [2.75, 3.05) is 31.1 Å². The van der Waals surface area contributed by atoms with Crippen LogP contribution in [0.2, 0.25) is 0 Å². The largest absolute Gasteiger partial charge is 0.364 e. The van der Waals surface area contributed by atoms with Crippen LogP contribution in [0.4, 0.5) is 5.69 Å². The molecular weight excluding hydrogens is 362 g/mol. The second-order valence-electron chi connectivity index (χ2n) is 7.87. The lowest BCUT2D eigenvalue weighted by Crippen LogP contribution is -2.56. The molecule has 1 amide bonds. The standard InChI is InChI=1S/C23H25N5O/c29-23(20-12-24-25-13-20)27-15-19-8-4-5-9-22(19)28-11-10-26(16-21(28)17-27)14-18-6-2-1-3-7-18/h1-9,12-13,21H,10-11,14-17H2,(H,24,25). The molecule has 0 aliphatic carbocycles. The molecule has 5 rings (SSSR count). The van der Waals surface area contributed by atoms with Crippen LogP contribution in [0.15, 0.2) is 67.0 Å². The zero-order chi connectivity index (χ0) is 19.6. The number of amides is 1. The quantitative estimate of drug-likeness (QED) is 0.751. The molecule has 0 spiro atoms. The summed E-state index contributed by atoms with van der Waals surface area (Å²) in [5, 5.41) is 6.71. The van der Waals surface area contributed by atoms with Crippen LogP contribution in [-0.2, 0) is 13.1 Å². The molecule has 2 aliphatic heterocycles. The molecule has 0 radical (unpaired) electrons. The summed E-state index contributed by atoms with van der Waals surface area (Å²) in [6.45, 7) is 5.23. The van der Waals surface area contributed by atoms with Crippen LogP contribution < -0.4 is 4.90 Å². The number of nitrogens with one attached hydrogen (secondary N) is 1. The van der Waals surface area contributed by atoms with Crippen molar-refractivity contribution < 1.29 is 4.79 Å². The Morgan fingerprint density at radius 2 is 1.86 bits per heavy atom. The van der Waals surface area contributed by atoms with E-state index >= 15 is 0 Å². The lowest BCUT2D eigenvalue weighted by Gasteiger charge is -2.43. The molecule has 2 aromatic carbocycles. The van der Waals surface area contributed by atoms with Crippen molar-refractivity contribution in [2.45, 2.75) is 19.1 Å². The highest BCUT2D eigenvalue weighted by molar-refractivity contribution is 5.94. The number of aromatic nitrogens is 2. The number of nitrogens with zero attached hydrogens (tertiary/aromatic N) is 4. The number of rotatable bonds is 3. The first-order valence-electron chi connectivity index (χ1n) is 10.2. The van der Waals surface area contributed by atoms with Gasteiger partial charge in [-0.25, -0.2) is 0 Å². The molecular formula is C23H25N5O. The monoisotopic (exact) mass is 387 g/mol. The SMILES string of the molecule is O=C(c1cn[nH]c1)N1Cc2ccccc2N2CCN(Cc3ccccc3)CC2C1. The Bertz CT molecular complexity index is 972. The molecule has 1 fully saturated rings. The second-order valence-corrected chi connectivity index (χ2v) is 7.87. The zero-order valence-corrected chi connectivity index (χ0v) is 16.4. The number of benzene rings is 2. The van der Waals surface area contributed by atoms with Gasteiger partial charge in [-0.05, 0) is 17.2 Å². The van der Waals surface area contributed by atoms with E-state index in [1.54, 1.807) is 12.4 Å². The van der Waals surface area contributed by atoms with Crippen LogP contribution in [0.3, 0.4) is 0 Å². The molecule has 3 heterocycles. The summed E-state index contributed by atoms with van der Waals surface area (Å²) >= 11 is 0. The Morgan fingerprint density at radius 1 is 1.03 bits per heavy atom. The number of hydrogen-bond acceptors (Lipinski definition) is 4. The molecule has 1 aromatic heterocycles. The maximum Gasteiger partial charge on any atom is 0.257 e. The molecule has 1 unspecified atom stereocenters. The van der Waals surface area contributed by atoms with Crippen LogP contribution in [-0.4, -0.2) is 58.1 Å². The lowest BCUT2D eigenvalue weighted by atomic mass is 10.1. The Balaban J connectivity index is 1.41. The number of carbonyl (C=O) groups excluding carboxylic acids is 1. The van der Waals surface area contributed by atoms with E-state index in [-0.39, 0.29) is 11.9 Å². The van der Waals surface area contributed by atoms with E-state index in [9.17, 15) is 4.79 Å². The van der Waals surface area contributed by atoms with Gasteiger partial charge in [-0.15, -0.1) is 0 Å². The van der Waals surface area contributed by atoms with Gasteiger partial charge in [-0.2, -0.15) is 5.10 Å². The maximum atomic E-state index is 13.1. The molecule has 148 valence electrons. The Morgan fingerprint density at radius 3 is 2.69 bits per heavy atom. The summed E-state index contributed by atoms with van der Waals surface area (Å²) in [5.74, 6) is 0.0376. The summed E-state index contributed by atoms with van der Waals surface area (Å²) in [6.07, 6.45) is 3.29. The van der Waals surface area contributed by atoms with Gasteiger partial charge in [0.25, 0.3) is 5.91 Å². The predicted octanol–water partition coefficient (Wildman–Crippen LogP) is 2.76. The molecule has 1 atom stereocenters. The van der Waals surface area contributed by atoms with Gasteiger partial charge in [0.2, 0.25) is 0 Å². The third-order valence-electron chi connectivity index (χ3n) is 5.94. The van der Waals surface area contributed by atoms with Crippen molar-refractivity contribution >= 4 is 11.6 Å². The lowest BCUT2D eigenvalue weighted by molar-refractivity contribution is 0.0718.